The standard InChI is InChI=1S/C11H24N4O2S/c1-9(2)14-11(12)13-8-10-4-6-15(7-5-10)18(3,16)17/h9-10H,4-8H2,1-3H3,(H3,12,13,14). The predicted molar refractivity (Wildman–Crippen MR) is 73.9 cm³/mol. The van der Waals surface area contributed by atoms with Gasteiger partial charge in [0.05, 0.1) is 6.26 Å². The Morgan fingerprint density at radius 1 is 1.44 bits per heavy atom. The summed E-state index contributed by atoms with van der Waals surface area (Å²) in [6.07, 6.45) is 2.97. The molecule has 1 rings (SSSR count). The second-order valence-electron chi connectivity index (χ2n) is 5.13. The molecule has 1 aliphatic heterocycles. The maximum Gasteiger partial charge on any atom is 0.211 e. The summed E-state index contributed by atoms with van der Waals surface area (Å²) in [7, 11) is -3.04. The number of nitrogens with one attached hydrogen (secondary N) is 1. The molecule has 0 aromatic carbocycles. The van der Waals surface area contributed by atoms with Gasteiger partial charge in [-0.2, -0.15) is 0 Å². The number of piperidine rings is 1. The second-order valence-corrected chi connectivity index (χ2v) is 7.11. The largest absolute Gasteiger partial charge is 0.370 e. The smallest absolute Gasteiger partial charge is 0.211 e. The van der Waals surface area contributed by atoms with Gasteiger partial charge in [0.25, 0.3) is 0 Å². The third kappa shape index (κ3) is 5.22. The van der Waals surface area contributed by atoms with Crippen molar-refractivity contribution in [2.75, 3.05) is 25.9 Å². The number of rotatable bonds is 4. The van der Waals surface area contributed by atoms with Gasteiger partial charge in [-0.25, -0.2) is 12.7 Å². The Morgan fingerprint density at radius 3 is 2.44 bits per heavy atom. The molecule has 0 saturated carbocycles. The summed E-state index contributed by atoms with van der Waals surface area (Å²) in [6.45, 7) is 5.87. The monoisotopic (exact) mass is 276 g/mol. The van der Waals surface area contributed by atoms with E-state index in [0.717, 1.165) is 12.8 Å². The molecule has 0 aromatic rings. The van der Waals surface area contributed by atoms with Gasteiger partial charge in [-0.3, -0.25) is 4.99 Å². The van der Waals surface area contributed by atoms with Crippen LogP contribution < -0.4 is 11.1 Å². The van der Waals surface area contributed by atoms with E-state index in [9.17, 15) is 8.42 Å². The maximum absolute atomic E-state index is 11.3. The van der Waals surface area contributed by atoms with E-state index < -0.39 is 10.0 Å². The molecule has 0 unspecified atom stereocenters. The molecule has 1 heterocycles. The number of aliphatic imine (C=N–C) groups is 1. The van der Waals surface area contributed by atoms with E-state index in [1.165, 1.54) is 10.6 Å². The van der Waals surface area contributed by atoms with E-state index in [4.69, 9.17) is 5.73 Å². The first-order valence-electron chi connectivity index (χ1n) is 6.30. The van der Waals surface area contributed by atoms with Crippen LogP contribution in [-0.4, -0.2) is 50.6 Å². The molecule has 0 aromatic heterocycles. The van der Waals surface area contributed by atoms with Crippen molar-refractivity contribution in [2.24, 2.45) is 16.6 Å². The lowest BCUT2D eigenvalue weighted by Crippen LogP contribution is -2.39. The van der Waals surface area contributed by atoms with Gasteiger partial charge in [0.15, 0.2) is 5.96 Å². The highest BCUT2D eigenvalue weighted by molar-refractivity contribution is 7.88. The van der Waals surface area contributed by atoms with Crippen LogP contribution in [0.3, 0.4) is 0 Å². The topological polar surface area (TPSA) is 87.8 Å². The van der Waals surface area contributed by atoms with Gasteiger partial charge >= 0.3 is 0 Å². The molecule has 7 heteroatoms. The quantitative estimate of drug-likeness (QED) is 0.557. The van der Waals surface area contributed by atoms with Crippen LogP contribution in [-0.2, 0) is 10.0 Å². The number of hydrogen-bond donors (Lipinski definition) is 2. The molecule has 0 aliphatic carbocycles. The van der Waals surface area contributed by atoms with Crippen LogP contribution in [0.15, 0.2) is 4.99 Å². The van der Waals surface area contributed by atoms with Gasteiger partial charge in [0, 0.05) is 25.7 Å². The number of nitrogens with zero attached hydrogens (tertiary/aromatic N) is 2. The minimum atomic E-state index is -3.04. The van der Waals surface area contributed by atoms with Gasteiger partial charge in [0.2, 0.25) is 10.0 Å². The summed E-state index contributed by atoms with van der Waals surface area (Å²) >= 11 is 0. The first kappa shape index (κ1) is 15.2. The van der Waals surface area contributed by atoms with Gasteiger partial charge in [-0.15, -0.1) is 0 Å². The molecule has 3 N–H and O–H groups in total. The highest BCUT2D eigenvalue weighted by Crippen LogP contribution is 2.19. The van der Waals surface area contributed by atoms with Crippen LogP contribution in [0.25, 0.3) is 0 Å². The van der Waals surface area contributed by atoms with Crippen molar-refractivity contribution in [3.05, 3.63) is 0 Å². The predicted octanol–water partition coefficient (Wildman–Crippen LogP) is -0.0293. The molecule has 106 valence electrons. The Morgan fingerprint density at radius 2 is 2.00 bits per heavy atom. The van der Waals surface area contributed by atoms with E-state index in [1.54, 1.807) is 0 Å². The van der Waals surface area contributed by atoms with Crippen LogP contribution in [0.1, 0.15) is 26.7 Å². The number of nitrogens with two attached hydrogens (primary N) is 1. The molecule has 1 fully saturated rings. The molecule has 0 atom stereocenters. The number of guanidine groups is 1. The van der Waals surface area contributed by atoms with Gasteiger partial charge < -0.3 is 11.1 Å². The van der Waals surface area contributed by atoms with Gasteiger partial charge in [-0.1, -0.05) is 0 Å². The molecular formula is C11H24N4O2S. The van der Waals surface area contributed by atoms with Gasteiger partial charge in [-0.05, 0) is 32.6 Å². The Bertz CT molecular complexity index is 384. The van der Waals surface area contributed by atoms with Crippen LogP contribution in [0, 0.1) is 5.92 Å². The van der Waals surface area contributed by atoms with Crippen molar-refractivity contribution in [2.45, 2.75) is 32.7 Å². The van der Waals surface area contributed by atoms with Crippen molar-refractivity contribution in [3.8, 4) is 0 Å². The van der Waals surface area contributed by atoms with Crippen LogP contribution in [0.5, 0.6) is 0 Å². The van der Waals surface area contributed by atoms with Crippen LogP contribution in [0.4, 0.5) is 0 Å². The molecule has 0 spiro atoms. The Balaban J connectivity index is 2.36. The minimum Gasteiger partial charge on any atom is -0.370 e. The van der Waals surface area contributed by atoms with Crippen molar-refractivity contribution in [3.63, 3.8) is 0 Å². The van der Waals surface area contributed by atoms with Gasteiger partial charge in [0.1, 0.15) is 0 Å². The zero-order valence-corrected chi connectivity index (χ0v) is 12.2. The van der Waals surface area contributed by atoms with E-state index in [2.05, 4.69) is 10.3 Å². The normalized spacial score (nSPS) is 20.3. The summed E-state index contributed by atoms with van der Waals surface area (Å²) in [4.78, 5) is 4.29. The first-order chi connectivity index (χ1) is 8.29. The van der Waals surface area contributed by atoms with E-state index in [-0.39, 0.29) is 6.04 Å². The van der Waals surface area contributed by atoms with Crippen molar-refractivity contribution < 1.29 is 8.42 Å². The molecular weight excluding hydrogens is 252 g/mol. The van der Waals surface area contributed by atoms with E-state index in [0.29, 0.717) is 31.5 Å². The Kier molecular flexibility index (Phi) is 5.40. The molecule has 1 saturated heterocycles. The Labute approximate surface area is 110 Å². The third-order valence-corrected chi connectivity index (χ3v) is 4.30. The highest BCUT2D eigenvalue weighted by atomic mass is 32.2. The minimum absolute atomic E-state index is 0.279. The molecule has 1 aliphatic rings. The zero-order chi connectivity index (χ0) is 13.8. The molecule has 6 nitrogen and oxygen atoms in total. The van der Waals surface area contributed by atoms with Crippen LogP contribution >= 0.6 is 0 Å². The van der Waals surface area contributed by atoms with Crippen molar-refractivity contribution in [1.82, 2.24) is 9.62 Å². The number of sulfonamides is 1. The van der Waals surface area contributed by atoms with Crippen LogP contribution in [0.2, 0.25) is 0 Å². The lowest BCUT2D eigenvalue weighted by Gasteiger charge is -2.29. The summed E-state index contributed by atoms with van der Waals surface area (Å²) in [5.74, 6) is 0.894. The SMILES string of the molecule is CC(C)NC(N)=NCC1CCN(S(C)(=O)=O)CC1. The maximum atomic E-state index is 11.3. The van der Waals surface area contributed by atoms with Crippen molar-refractivity contribution >= 4 is 16.0 Å². The molecule has 0 radical (unpaired) electrons. The van der Waals surface area contributed by atoms with Crippen molar-refractivity contribution in [1.29, 1.82) is 0 Å². The summed E-state index contributed by atoms with van der Waals surface area (Å²) in [5, 5.41) is 3.04. The molecule has 0 amide bonds. The third-order valence-electron chi connectivity index (χ3n) is 3.00. The fraction of sp³-hybridized carbons (Fsp3) is 0.909. The fourth-order valence-electron chi connectivity index (χ4n) is 1.99. The first-order valence-corrected chi connectivity index (χ1v) is 8.15. The average Bonchev–Trinajstić information content (AvgIpc) is 2.25. The lowest BCUT2D eigenvalue weighted by atomic mass is 9.98. The summed E-state index contributed by atoms with van der Waals surface area (Å²) < 4.78 is 24.2. The number of hydrogen-bond acceptors (Lipinski definition) is 3. The molecule has 0 bridgehead atoms. The summed E-state index contributed by atoms with van der Waals surface area (Å²) in [6, 6.07) is 0.279. The fourth-order valence-corrected chi connectivity index (χ4v) is 2.87. The lowest BCUT2D eigenvalue weighted by molar-refractivity contribution is 0.280. The van der Waals surface area contributed by atoms with E-state index >= 15 is 0 Å². The highest BCUT2D eigenvalue weighted by Gasteiger charge is 2.24. The summed E-state index contributed by atoms with van der Waals surface area (Å²) in [5.41, 5.74) is 5.72. The Hall–Kier alpha value is -0.820. The molecule has 18 heavy (non-hydrogen) atoms. The second kappa shape index (κ2) is 6.38. The zero-order valence-electron chi connectivity index (χ0n) is 11.4. The average molecular weight is 276 g/mol. The van der Waals surface area contributed by atoms with E-state index in [1.807, 2.05) is 13.8 Å².